The van der Waals surface area contributed by atoms with Crippen molar-refractivity contribution >= 4 is 5.69 Å². The molecule has 1 aliphatic heterocycles. The Morgan fingerprint density at radius 1 is 1.13 bits per heavy atom. The van der Waals surface area contributed by atoms with Gasteiger partial charge in [0.15, 0.2) is 0 Å². The Morgan fingerprint density at radius 3 is 2.77 bits per heavy atom. The average Bonchev–Trinajstić information content (AvgIpc) is 3.17. The number of hydrogen-bond donors (Lipinski definition) is 0. The Hall–Kier alpha value is -3.55. The van der Waals surface area contributed by atoms with Crippen molar-refractivity contribution < 1.29 is 8.91 Å². The van der Waals surface area contributed by atoms with E-state index in [4.69, 9.17) is 4.52 Å². The number of nitrogens with zero attached hydrogens (tertiary/aromatic N) is 6. The highest BCUT2D eigenvalue weighted by atomic mass is 19.1. The maximum Gasteiger partial charge on any atom is 0.230 e. The molecule has 0 bridgehead atoms. The fourth-order valence-corrected chi connectivity index (χ4v) is 4.44. The van der Waals surface area contributed by atoms with E-state index >= 15 is 0 Å². The van der Waals surface area contributed by atoms with Gasteiger partial charge in [0.2, 0.25) is 11.7 Å². The lowest BCUT2D eigenvalue weighted by Gasteiger charge is -2.37. The third-order valence-corrected chi connectivity index (χ3v) is 6.31. The first kappa shape index (κ1) is 18.2. The third kappa shape index (κ3) is 2.93. The first-order chi connectivity index (χ1) is 15.1. The van der Waals surface area contributed by atoms with Crippen LogP contribution in [0.1, 0.15) is 49.5 Å². The molecule has 0 amide bonds. The molecular formula is C23H21FN6O. The molecule has 3 atom stereocenters. The number of anilines is 1. The van der Waals surface area contributed by atoms with Crippen LogP contribution >= 0.6 is 0 Å². The molecule has 4 heterocycles. The summed E-state index contributed by atoms with van der Waals surface area (Å²) in [6.45, 7) is 4.80. The second-order valence-corrected chi connectivity index (χ2v) is 8.38. The Kier molecular flexibility index (Phi) is 3.96. The van der Waals surface area contributed by atoms with Gasteiger partial charge in [-0.3, -0.25) is 9.55 Å². The van der Waals surface area contributed by atoms with E-state index in [2.05, 4.69) is 38.9 Å². The molecule has 3 aromatic heterocycles. The van der Waals surface area contributed by atoms with Gasteiger partial charge in [0.25, 0.3) is 0 Å². The van der Waals surface area contributed by atoms with Crippen molar-refractivity contribution in [2.24, 2.45) is 5.92 Å². The zero-order valence-corrected chi connectivity index (χ0v) is 17.2. The Morgan fingerprint density at radius 2 is 2.00 bits per heavy atom. The van der Waals surface area contributed by atoms with E-state index in [9.17, 15) is 4.39 Å². The molecular weight excluding hydrogens is 395 g/mol. The number of fused-ring (bicyclic) bond motifs is 3. The maximum absolute atomic E-state index is 14.2. The van der Waals surface area contributed by atoms with Crippen LogP contribution in [0, 0.1) is 11.7 Å². The molecule has 0 saturated heterocycles. The summed E-state index contributed by atoms with van der Waals surface area (Å²) in [7, 11) is 0. The molecule has 0 N–H and O–H groups in total. The van der Waals surface area contributed by atoms with Crippen LogP contribution in [0.15, 0.2) is 53.4 Å². The molecule has 2 aliphatic rings. The average molecular weight is 416 g/mol. The van der Waals surface area contributed by atoms with Crippen LogP contribution in [0.5, 0.6) is 0 Å². The second kappa shape index (κ2) is 6.73. The number of imidazole rings is 1. The van der Waals surface area contributed by atoms with E-state index in [0.29, 0.717) is 35.8 Å². The van der Waals surface area contributed by atoms with Gasteiger partial charge in [-0.1, -0.05) is 18.1 Å². The molecule has 31 heavy (non-hydrogen) atoms. The molecule has 8 heteroatoms. The first-order valence-electron chi connectivity index (χ1n) is 10.5. The van der Waals surface area contributed by atoms with E-state index in [1.165, 1.54) is 6.07 Å². The van der Waals surface area contributed by atoms with Crippen molar-refractivity contribution in [2.45, 2.75) is 38.8 Å². The minimum absolute atomic E-state index is 0.101. The van der Waals surface area contributed by atoms with Gasteiger partial charge in [0, 0.05) is 12.1 Å². The van der Waals surface area contributed by atoms with Gasteiger partial charge in [0.05, 0.1) is 35.3 Å². The number of aromatic nitrogens is 5. The van der Waals surface area contributed by atoms with Gasteiger partial charge < -0.3 is 9.42 Å². The zero-order chi connectivity index (χ0) is 21.1. The highest BCUT2D eigenvalue weighted by Gasteiger charge is 2.40. The van der Waals surface area contributed by atoms with Crippen LogP contribution in [0.3, 0.4) is 0 Å². The van der Waals surface area contributed by atoms with Crippen LogP contribution < -0.4 is 4.90 Å². The van der Waals surface area contributed by atoms with E-state index in [1.807, 2.05) is 22.8 Å². The molecule has 1 aromatic carbocycles. The van der Waals surface area contributed by atoms with Gasteiger partial charge in [-0.05, 0) is 49.6 Å². The summed E-state index contributed by atoms with van der Waals surface area (Å²) < 4.78 is 21.7. The van der Waals surface area contributed by atoms with Crippen molar-refractivity contribution in [1.29, 1.82) is 0 Å². The lowest BCUT2D eigenvalue weighted by Crippen LogP contribution is -2.33. The number of benzene rings is 1. The summed E-state index contributed by atoms with van der Waals surface area (Å²) >= 11 is 0. The van der Waals surface area contributed by atoms with E-state index in [-0.39, 0.29) is 11.9 Å². The standard InChI is InChI=1S/C23H21FN6O/c1-13-9-17(13)23-27-22(28-31-23)20-21-14(2)29(11-16-5-3-4-8-25-16)19-10-15(24)6-7-18(19)30(21)12-26-20/h3-8,10,12-14,17H,9,11H2,1-2H3. The molecule has 4 aromatic rings. The largest absolute Gasteiger partial charge is 0.355 e. The number of rotatable bonds is 4. The van der Waals surface area contributed by atoms with Crippen LogP contribution in [0.25, 0.3) is 17.2 Å². The second-order valence-electron chi connectivity index (χ2n) is 8.38. The highest BCUT2D eigenvalue weighted by molar-refractivity contribution is 5.70. The van der Waals surface area contributed by atoms with Crippen molar-refractivity contribution in [2.75, 3.05) is 4.90 Å². The minimum atomic E-state index is -0.276. The normalized spacial score (nSPS) is 21.6. The van der Waals surface area contributed by atoms with Crippen LogP contribution in [0.4, 0.5) is 10.1 Å². The number of hydrogen-bond acceptors (Lipinski definition) is 6. The summed E-state index contributed by atoms with van der Waals surface area (Å²) in [4.78, 5) is 15.9. The topological polar surface area (TPSA) is 72.9 Å². The fourth-order valence-electron chi connectivity index (χ4n) is 4.44. The van der Waals surface area contributed by atoms with Crippen molar-refractivity contribution in [3.63, 3.8) is 0 Å². The van der Waals surface area contributed by atoms with Gasteiger partial charge in [-0.25, -0.2) is 9.37 Å². The van der Waals surface area contributed by atoms with Crippen molar-refractivity contribution in [3.05, 3.63) is 72.0 Å². The van der Waals surface area contributed by atoms with Gasteiger partial charge in [-0.15, -0.1) is 0 Å². The molecule has 7 nitrogen and oxygen atoms in total. The molecule has 0 spiro atoms. The molecule has 6 rings (SSSR count). The quantitative estimate of drug-likeness (QED) is 0.482. The maximum atomic E-state index is 14.2. The zero-order valence-electron chi connectivity index (χ0n) is 17.2. The third-order valence-electron chi connectivity index (χ3n) is 6.31. The summed E-state index contributed by atoms with van der Waals surface area (Å²) in [5.41, 5.74) is 4.21. The summed E-state index contributed by atoms with van der Waals surface area (Å²) in [6.07, 6.45) is 4.60. The lowest BCUT2D eigenvalue weighted by molar-refractivity contribution is 0.376. The van der Waals surface area contributed by atoms with E-state index in [0.717, 1.165) is 29.2 Å². The SMILES string of the molecule is CC1CC1c1nc(-c2ncn3c2C(C)N(Cc2ccccn2)c2cc(F)ccc2-3)no1. The molecule has 0 radical (unpaired) electrons. The molecule has 1 fully saturated rings. The summed E-state index contributed by atoms with van der Waals surface area (Å²) in [6, 6.07) is 10.5. The molecule has 1 aliphatic carbocycles. The number of halogens is 1. The highest BCUT2D eigenvalue weighted by Crippen LogP contribution is 2.47. The molecule has 156 valence electrons. The van der Waals surface area contributed by atoms with Crippen LogP contribution in [0.2, 0.25) is 0 Å². The van der Waals surface area contributed by atoms with Crippen LogP contribution in [-0.2, 0) is 6.54 Å². The van der Waals surface area contributed by atoms with Gasteiger partial charge in [-0.2, -0.15) is 4.98 Å². The van der Waals surface area contributed by atoms with E-state index < -0.39 is 0 Å². The summed E-state index contributed by atoms with van der Waals surface area (Å²) in [5, 5.41) is 4.22. The van der Waals surface area contributed by atoms with Crippen LogP contribution in [-0.4, -0.2) is 24.7 Å². The van der Waals surface area contributed by atoms with Gasteiger partial charge in [0.1, 0.15) is 17.8 Å². The Labute approximate surface area is 178 Å². The Balaban J connectivity index is 1.46. The lowest BCUT2D eigenvalue weighted by atomic mass is 10.0. The molecule has 1 saturated carbocycles. The smallest absolute Gasteiger partial charge is 0.230 e. The van der Waals surface area contributed by atoms with Gasteiger partial charge >= 0.3 is 0 Å². The molecule has 3 unspecified atom stereocenters. The monoisotopic (exact) mass is 416 g/mol. The first-order valence-corrected chi connectivity index (χ1v) is 10.5. The number of pyridine rings is 1. The fraction of sp³-hybridized carbons (Fsp3) is 0.304. The predicted octanol–water partition coefficient (Wildman–Crippen LogP) is 4.66. The van der Waals surface area contributed by atoms with Crippen molar-refractivity contribution in [3.8, 4) is 17.2 Å². The van der Waals surface area contributed by atoms with E-state index in [1.54, 1.807) is 24.7 Å². The minimum Gasteiger partial charge on any atom is -0.355 e. The summed E-state index contributed by atoms with van der Waals surface area (Å²) in [5.74, 6) is 1.83. The predicted molar refractivity (Wildman–Crippen MR) is 112 cm³/mol. The van der Waals surface area contributed by atoms with Crippen molar-refractivity contribution in [1.82, 2.24) is 24.7 Å². The Bertz CT molecular complexity index is 1270.